The molecule has 0 amide bonds. The number of aryl methyl sites for hydroxylation is 1. The fourth-order valence-corrected chi connectivity index (χ4v) is 2.79. The molecule has 16 heavy (non-hydrogen) atoms. The maximum atomic E-state index is 5.16. The predicted octanol–water partition coefficient (Wildman–Crippen LogP) is 0.658. The molecule has 2 aliphatic heterocycles. The van der Waals surface area contributed by atoms with Crippen molar-refractivity contribution in [2.75, 3.05) is 26.2 Å². The second-order valence-corrected chi connectivity index (χ2v) is 4.80. The van der Waals surface area contributed by atoms with Gasteiger partial charge in [0.2, 0.25) is 5.89 Å². The van der Waals surface area contributed by atoms with Crippen LogP contribution < -0.4 is 0 Å². The maximum Gasteiger partial charge on any atom is 0.240 e. The minimum absolute atomic E-state index is 0.731. The van der Waals surface area contributed by atoms with Crippen molar-refractivity contribution in [2.45, 2.75) is 32.4 Å². The Balaban J connectivity index is 1.60. The number of rotatable bonds is 2. The average molecular weight is 222 g/mol. The van der Waals surface area contributed by atoms with E-state index in [2.05, 4.69) is 19.9 Å². The van der Waals surface area contributed by atoms with Crippen LogP contribution in [0.2, 0.25) is 0 Å². The molecule has 0 radical (unpaired) electrons. The van der Waals surface area contributed by atoms with Crippen LogP contribution in [0.4, 0.5) is 0 Å². The van der Waals surface area contributed by atoms with Crippen molar-refractivity contribution in [3.63, 3.8) is 0 Å². The number of piperazine rings is 1. The quantitative estimate of drug-likeness (QED) is 0.735. The van der Waals surface area contributed by atoms with E-state index in [1.165, 1.54) is 25.9 Å². The third kappa shape index (κ3) is 1.97. The molecule has 5 nitrogen and oxygen atoms in total. The number of hydrogen-bond acceptors (Lipinski definition) is 5. The van der Waals surface area contributed by atoms with Gasteiger partial charge < -0.3 is 4.52 Å². The number of aromatic nitrogens is 2. The second-order valence-electron chi connectivity index (χ2n) is 4.80. The van der Waals surface area contributed by atoms with Gasteiger partial charge in [-0.05, 0) is 26.3 Å². The van der Waals surface area contributed by atoms with Gasteiger partial charge in [0.15, 0.2) is 5.82 Å². The van der Waals surface area contributed by atoms with Crippen LogP contribution in [0, 0.1) is 6.92 Å². The van der Waals surface area contributed by atoms with Gasteiger partial charge in [-0.15, -0.1) is 0 Å². The summed E-state index contributed by atoms with van der Waals surface area (Å²) in [5.74, 6) is 1.48. The van der Waals surface area contributed by atoms with Gasteiger partial charge in [-0.2, -0.15) is 4.98 Å². The number of hydrogen-bond donors (Lipinski definition) is 0. The first kappa shape index (κ1) is 10.2. The van der Waals surface area contributed by atoms with Crippen LogP contribution in [0.1, 0.15) is 24.6 Å². The van der Waals surface area contributed by atoms with Gasteiger partial charge >= 0.3 is 0 Å². The lowest BCUT2D eigenvalue weighted by molar-refractivity contribution is 0.0908. The van der Waals surface area contributed by atoms with Crippen LogP contribution in [0.5, 0.6) is 0 Å². The standard InChI is InChI=1S/C11H18N4O/c1-9-12-11(16-13-9)8-14-5-6-15-4-2-3-10(15)7-14/h10H,2-8H2,1H3. The van der Waals surface area contributed by atoms with E-state index in [1.54, 1.807) is 0 Å². The fourth-order valence-electron chi connectivity index (χ4n) is 2.79. The molecule has 0 aromatic carbocycles. The number of nitrogens with zero attached hydrogens (tertiary/aromatic N) is 4. The zero-order valence-electron chi connectivity index (χ0n) is 9.72. The Morgan fingerprint density at radius 1 is 1.38 bits per heavy atom. The highest BCUT2D eigenvalue weighted by molar-refractivity contribution is 4.89. The van der Waals surface area contributed by atoms with Crippen LogP contribution in [-0.2, 0) is 6.54 Å². The van der Waals surface area contributed by atoms with Crippen LogP contribution in [0.3, 0.4) is 0 Å². The van der Waals surface area contributed by atoms with Gasteiger partial charge in [0.25, 0.3) is 0 Å². The molecule has 2 saturated heterocycles. The highest BCUT2D eigenvalue weighted by atomic mass is 16.5. The van der Waals surface area contributed by atoms with Gasteiger partial charge in [0.05, 0.1) is 6.54 Å². The molecule has 5 heteroatoms. The molecule has 2 fully saturated rings. The molecule has 0 saturated carbocycles. The molecule has 0 bridgehead atoms. The zero-order chi connectivity index (χ0) is 11.0. The first-order valence-electron chi connectivity index (χ1n) is 6.07. The van der Waals surface area contributed by atoms with Crippen molar-refractivity contribution in [3.05, 3.63) is 11.7 Å². The molecule has 0 aliphatic carbocycles. The molecule has 3 heterocycles. The summed E-state index contributed by atoms with van der Waals surface area (Å²) in [5.41, 5.74) is 0. The molecular weight excluding hydrogens is 204 g/mol. The summed E-state index contributed by atoms with van der Waals surface area (Å²) in [6.07, 6.45) is 2.71. The third-order valence-electron chi connectivity index (χ3n) is 3.60. The average Bonchev–Trinajstić information content (AvgIpc) is 2.87. The minimum Gasteiger partial charge on any atom is -0.338 e. The first-order valence-corrected chi connectivity index (χ1v) is 6.07. The molecule has 2 aliphatic rings. The highest BCUT2D eigenvalue weighted by Gasteiger charge is 2.30. The SMILES string of the molecule is Cc1noc(CN2CCN3CCCC3C2)n1. The molecular formula is C11H18N4O. The van der Waals surface area contributed by atoms with Crippen LogP contribution in [0.25, 0.3) is 0 Å². The van der Waals surface area contributed by atoms with E-state index in [-0.39, 0.29) is 0 Å². The summed E-state index contributed by atoms with van der Waals surface area (Å²) in [7, 11) is 0. The van der Waals surface area contributed by atoms with E-state index < -0.39 is 0 Å². The maximum absolute atomic E-state index is 5.16. The third-order valence-corrected chi connectivity index (χ3v) is 3.60. The van der Waals surface area contributed by atoms with Crippen LogP contribution in [-0.4, -0.2) is 52.2 Å². The van der Waals surface area contributed by atoms with E-state index in [1.807, 2.05) is 6.92 Å². The Hall–Kier alpha value is -0.940. The van der Waals surface area contributed by atoms with Crippen molar-refractivity contribution >= 4 is 0 Å². The van der Waals surface area contributed by atoms with E-state index in [0.29, 0.717) is 0 Å². The minimum atomic E-state index is 0.731. The smallest absolute Gasteiger partial charge is 0.240 e. The van der Waals surface area contributed by atoms with Crippen LogP contribution >= 0.6 is 0 Å². The van der Waals surface area contributed by atoms with Gasteiger partial charge in [-0.3, -0.25) is 9.80 Å². The summed E-state index contributed by atoms with van der Waals surface area (Å²) >= 11 is 0. The van der Waals surface area contributed by atoms with Gasteiger partial charge in [-0.25, -0.2) is 0 Å². The Kier molecular flexibility index (Phi) is 2.65. The lowest BCUT2D eigenvalue weighted by Crippen LogP contribution is -2.49. The van der Waals surface area contributed by atoms with Gasteiger partial charge in [-0.1, -0.05) is 5.16 Å². The first-order chi connectivity index (χ1) is 7.81. The fraction of sp³-hybridized carbons (Fsp3) is 0.818. The van der Waals surface area contributed by atoms with Crippen molar-refractivity contribution in [1.29, 1.82) is 0 Å². The van der Waals surface area contributed by atoms with Crippen molar-refractivity contribution in [2.24, 2.45) is 0 Å². The van der Waals surface area contributed by atoms with E-state index in [0.717, 1.165) is 37.4 Å². The molecule has 0 spiro atoms. The van der Waals surface area contributed by atoms with Gasteiger partial charge in [0, 0.05) is 25.7 Å². The normalized spacial score (nSPS) is 27.2. The molecule has 88 valence electrons. The van der Waals surface area contributed by atoms with Gasteiger partial charge in [0.1, 0.15) is 0 Å². The molecule has 3 rings (SSSR count). The Labute approximate surface area is 95.4 Å². The summed E-state index contributed by atoms with van der Waals surface area (Å²) in [4.78, 5) is 9.29. The topological polar surface area (TPSA) is 45.4 Å². The largest absolute Gasteiger partial charge is 0.338 e. The molecule has 1 atom stereocenters. The molecule has 1 aromatic heterocycles. The Morgan fingerprint density at radius 2 is 2.31 bits per heavy atom. The monoisotopic (exact) mass is 222 g/mol. The molecule has 0 N–H and O–H groups in total. The second kappa shape index (κ2) is 4.14. The summed E-state index contributed by atoms with van der Waals surface area (Å²) in [6, 6.07) is 0.762. The van der Waals surface area contributed by atoms with Crippen molar-refractivity contribution < 1.29 is 4.52 Å². The predicted molar refractivity (Wildman–Crippen MR) is 58.9 cm³/mol. The van der Waals surface area contributed by atoms with E-state index >= 15 is 0 Å². The summed E-state index contributed by atoms with van der Waals surface area (Å²) < 4.78 is 5.16. The Bertz CT molecular complexity index is 365. The van der Waals surface area contributed by atoms with E-state index in [4.69, 9.17) is 4.52 Å². The molecule has 1 unspecified atom stereocenters. The summed E-state index contributed by atoms with van der Waals surface area (Å²) in [5, 5.41) is 3.83. The molecule has 1 aromatic rings. The zero-order valence-corrected chi connectivity index (χ0v) is 9.72. The van der Waals surface area contributed by atoms with Crippen molar-refractivity contribution in [3.8, 4) is 0 Å². The highest BCUT2D eigenvalue weighted by Crippen LogP contribution is 2.22. The van der Waals surface area contributed by atoms with E-state index in [9.17, 15) is 0 Å². The number of fused-ring (bicyclic) bond motifs is 1. The van der Waals surface area contributed by atoms with Crippen LogP contribution in [0.15, 0.2) is 4.52 Å². The van der Waals surface area contributed by atoms with Crippen molar-refractivity contribution in [1.82, 2.24) is 19.9 Å². The Morgan fingerprint density at radius 3 is 3.12 bits per heavy atom. The summed E-state index contributed by atoms with van der Waals surface area (Å²) in [6.45, 7) is 7.43. The lowest BCUT2D eigenvalue weighted by Gasteiger charge is -2.36. The lowest BCUT2D eigenvalue weighted by atomic mass is 10.1.